The Hall–Kier alpha value is -3.97. The minimum absolute atomic E-state index is 0.149. The Kier molecular flexibility index (Phi) is 7.06. The number of nitrogens with zero attached hydrogens (tertiary/aromatic N) is 5. The van der Waals surface area contributed by atoms with Crippen LogP contribution in [0.25, 0.3) is 27.7 Å². The fraction of sp³-hybridized carbons (Fsp3) is 0.233. The molecule has 5 rings (SSSR count). The number of para-hydroxylation sites is 1. The average Bonchev–Trinajstić information content (AvgIpc) is 3.40. The van der Waals surface area contributed by atoms with Crippen LogP contribution < -0.4 is 10.4 Å². The number of rotatable bonds is 7. The normalized spacial score (nSPS) is 12.5. The highest BCUT2D eigenvalue weighted by Crippen LogP contribution is 2.29. The maximum absolute atomic E-state index is 13.5. The summed E-state index contributed by atoms with van der Waals surface area (Å²) in [6, 6.07) is 24.3. The summed E-state index contributed by atoms with van der Waals surface area (Å²) < 4.78 is 5.43. The first-order valence-corrected chi connectivity index (χ1v) is 13.5. The number of hydrogen-bond donors (Lipinski definition) is 0. The van der Waals surface area contributed by atoms with Crippen molar-refractivity contribution in [3.05, 3.63) is 99.0 Å². The Morgan fingerprint density at radius 1 is 0.973 bits per heavy atom. The van der Waals surface area contributed by atoms with Gasteiger partial charge in [0.2, 0.25) is 4.80 Å². The Labute approximate surface area is 220 Å². The van der Waals surface area contributed by atoms with E-state index in [1.54, 1.807) is 4.68 Å². The van der Waals surface area contributed by atoms with Crippen LogP contribution in [-0.4, -0.2) is 19.8 Å². The van der Waals surface area contributed by atoms with Crippen molar-refractivity contribution < 1.29 is 0 Å². The zero-order valence-electron chi connectivity index (χ0n) is 21.7. The molecule has 0 N–H and O–H groups in total. The van der Waals surface area contributed by atoms with Crippen molar-refractivity contribution in [2.75, 3.05) is 0 Å². The zero-order chi connectivity index (χ0) is 25.9. The van der Waals surface area contributed by atoms with Gasteiger partial charge in [-0.1, -0.05) is 74.0 Å². The molecule has 0 spiro atoms. The van der Waals surface area contributed by atoms with E-state index in [1.165, 1.54) is 16.7 Å². The summed E-state index contributed by atoms with van der Waals surface area (Å²) in [5.74, 6) is 0. The van der Waals surface area contributed by atoms with E-state index in [9.17, 15) is 4.79 Å². The van der Waals surface area contributed by atoms with Gasteiger partial charge in [0.1, 0.15) is 0 Å². The molecule has 2 heterocycles. The standard InChI is InChI=1S/C30H31N5OS/c1-5-6-13-21(2)32-34-27(26-19-12-15-23-14-10-11-18-25(23)26)20-37-30(34)31-28-22(3)33(4)35(29(28)36)24-16-8-7-9-17-24/h7-12,14-20H,5-6,13H2,1-4H3. The number of thiazole rings is 1. The first kappa shape index (κ1) is 24.7. The van der Waals surface area contributed by atoms with Crippen LogP contribution >= 0.6 is 11.3 Å². The number of aromatic nitrogens is 3. The molecule has 0 saturated carbocycles. The summed E-state index contributed by atoms with van der Waals surface area (Å²) in [6.45, 7) is 6.18. The van der Waals surface area contributed by atoms with Crippen LogP contribution in [0.15, 0.2) is 93.1 Å². The molecule has 6 nitrogen and oxygen atoms in total. The Bertz CT molecular complexity index is 1710. The second-order valence-corrected chi connectivity index (χ2v) is 10.0. The zero-order valence-corrected chi connectivity index (χ0v) is 22.5. The summed E-state index contributed by atoms with van der Waals surface area (Å²) in [4.78, 5) is 19.1. The number of benzene rings is 3. The summed E-state index contributed by atoms with van der Waals surface area (Å²) >= 11 is 1.50. The minimum Gasteiger partial charge on any atom is -0.283 e. The van der Waals surface area contributed by atoms with Crippen LogP contribution in [0.4, 0.5) is 5.69 Å². The fourth-order valence-corrected chi connectivity index (χ4v) is 5.37. The predicted molar refractivity (Wildman–Crippen MR) is 154 cm³/mol. The third-order valence-corrected chi connectivity index (χ3v) is 7.46. The lowest BCUT2D eigenvalue weighted by Crippen LogP contribution is -2.20. The molecular weight excluding hydrogens is 478 g/mol. The third kappa shape index (κ3) is 4.74. The molecule has 5 aromatic rings. The summed E-state index contributed by atoms with van der Waals surface area (Å²) in [6.07, 6.45) is 3.10. The van der Waals surface area contributed by atoms with Crippen molar-refractivity contribution >= 4 is 33.5 Å². The molecule has 0 bridgehead atoms. The predicted octanol–water partition coefficient (Wildman–Crippen LogP) is 6.81. The van der Waals surface area contributed by atoms with Crippen molar-refractivity contribution in [1.82, 2.24) is 14.0 Å². The highest BCUT2D eigenvalue weighted by Gasteiger charge is 2.17. The molecule has 0 saturated heterocycles. The van der Waals surface area contributed by atoms with Gasteiger partial charge in [0.05, 0.1) is 17.1 Å². The van der Waals surface area contributed by atoms with Gasteiger partial charge >= 0.3 is 0 Å². The van der Waals surface area contributed by atoms with Crippen LogP contribution in [0.1, 0.15) is 38.8 Å². The quantitative estimate of drug-likeness (QED) is 0.222. The van der Waals surface area contributed by atoms with Crippen molar-refractivity contribution in [2.45, 2.75) is 40.0 Å². The van der Waals surface area contributed by atoms with Gasteiger partial charge in [-0.15, -0.1) is 11.3 Å². The largest absolute Gasteiger partial charge is 0.297 e. The molecule has 2 aromatic heterocycles. The van der Waals surface area contributed by atoms with Gasteiger partial charge in [-0.05, 0) is 49.6 Å². The van der Waals surface area contributed by atoms with Gasteiger partial charge in [-0.25, -0.2) is 14.4 Å². The van der Waals surface area contributed by atoms with Crippen molar-refractivity contribution in [2.24, 2.45) is 17.1 Å². The molecule has 0 radical (unpaired) electrons. The first-order valence-electron chi connectivity index (χ1n) is 12.6. The van der Waals surface area contributed by atoms with Crippen LogP contribution in [0.2, 0.25) is 0 Å². The van der Waals surface area contributed by atoms with Crippen molar-refractivity contribution in [3.63, 3.8) is 0 Å². The Morgan fingerprint density at radius 2 is 1.70 bits per heavy atom. The molecule has 0 aliphatic carbocycles. The summed E-state index contributed by atoms with van der Waals surface area (Å²) in [7, 11) is 1.89. The van der Waals surface area contributed by atoms with Crippen LogP contribution in [0, 0.1) is 6.92 Å². The van der Waals surface area contributed by atoms with Gasteiger partial charge < -0.3 is 0 Å². The third-order valence-electron chi connectivity index (χ3n) is 6.65. The number of fused-ring (bicyclic) bond motifs is 1. The summed E-state index contributed by atoms with van der Waals surface area (Å²) in [5.41, 5.74) is 4.98. The Balaban J connectivity index is 1.74. The molecule has 7 heteroatoms. The SMILES string of the molecule is CCCCC(C)=Nn1c(-c2cccc3ccccc23)csc1=Nc1c(C)n(C)n(-c2ccccc2)c1=O. The van der Waals surface area contributed by atoms with E-state index in [1.807, 2.05) is 53.7 Å². The maximum Gasteiger partial charge on any atom is 0.297 e. The number of hydrogen-bond acceptors (Lipinski definition) is 4. The molecule has 188 valence electrons. The molecule has 0 unspecified atom stereocenters. The topological polar surface area (TPSA) is 56.6 Å². The van der Waals surface area contributed by atoms with Crippen LogP contribution in [0.5, 0.6) is 0 Å². The van der Waals surface area contributed by atoms with Crippen LogP contribution in [-0.2, 0) is 7.05 Å². The maximum atomic E-state index is 13.5. The van der Waals surface area contributed by atoms with Gasteiger partial charge in [-0.2, -0.15) is 5.10 Å². The summed E-state index contributed by atoms with van der Waals surface area (Å²) in [5, 5.41) is 9.44. The van der Waals surface area contributed by atoms with E-state index in [-0.39, 0.29) is 5.56 Å². The van der Waals surface area contributed by atoms with Gasteiger partial charge in [0.25, 0.3) is 5.56 Å². The molecule has 37 heavy (non-hydrogen) atoms. The van der Waals surface area contributed by atoms with E-state index in [0.717, 1.165) is 53.0 Å². The average molecular weight is 510 g/mol. The van der Waals surface area contributed by atoms with E-state index in [2.05, 4.69) is 61.7 Å². The van der Waals surface area contributed by atoms with Crippen molar-refractivity contribution in [3.8, 4) is 16.9 Å². The van der Waals surface area contributed by atoms with E-state index < -0.39 is 0 Å². The lowest BCUT2D eigenvalue weighted by molar-refractivity contribution is 0.630. The van der Waals surface area contributed by atoms with Gasteiger partial charge in [0, 0.05) is 23.7 Å². The lowest BCUT2D eigenvalue weighted by Gasteiger charge is -2.09. The van der Waals surface area contributed by atoms with Crippen LogP contribution in [0.3, 0.4) is 0 Å². The van der Waals surface area contributed by atoms with E-state index in [4.69, 9.17) is 10.1 Å². The number of unbranched alkanes of at least 4 members (excludes halogenated alkanes) is 1. The molecule has 0 aliphatic heterocycles. The molecule has 0 fully saturated rings. The monoisotopic (exact) mass is 509 g/mol. The minimum atomic E-state index is -0.149. The fourth-order valence-electron chi connectivity index (χ4n) is 4.54. The lowest BCUT2D eigenvalue weighted by atomic mass is 10.0. The first-order chi connectivity index (χ1) is 18.0. The molecule has 3 aromatic carbocycles. The Morgan fingerprint density at radius 3 is 2.49 bits per heavy atom. The molecule has 0 amide bonds. The van der Waals surface area contributed by atoms with E-state index in [0.29, 0.717) is 10.5 Å². The molecule has 0 aliphatic rings. The van der Waals surface area contributed by atoms with Gasteiger partial charge in [-0.3, -0.25) is 9.48 Å². The molecule has 0 atom stereocenters. The van der Waals surface area contributed by atoms with E-state index >= 15 is 0 Å². The second-order valence-electron chi connectivity index (χ2n) is 9.20. The van der Waals surface area contributed by atoms with Gasteiger partial charge in [0.15, 0.2) is 5.69 Å². The second kappa shape index (κ2) is 10.6. The smallest absolute Gasteiger partial charge is 0.283 e. The highest BCUT2D eigenvalue weighted by atomic mass is 32.1. The van der Waals surface area contributed by atoms with Crippen molar-refractivity contribution in [1.29, 1.82) is 0 Å². The molecular formula is C30H31N5OS. The highest BCUT2D eigenvalue weighted by molar-refractivity contribution is 7.07.